The van der Waals surface area contributed by atoms with Gasteiger partial charge >= 0.3 is 5.69 Å². The SMILES string of the molecule is CC(C)c1ccc(C(NCc2cc(=O)n(C)c(=O)n2C)C(C)C)cc1. The minimum atomic E-state index is -0.299. The van der Waals surface area contributed by atoms with Crippen LogP contribution in [0.25, 0.3) is 0 Å². The van der Waals surface area contributed by atoms with Crippen LogP contribution < -0.4 is 16.6 Å². The molecule has 0 saturated heterocycles. The van der Waals surface area contributed by atoms with E-state index in [1.807, 2.05) is 0 Å². The first-order valence-electron chi connectivity index (χ1n) is 8.81. The maximum Gasteiger partial charge on any atom is 0.330 e. The third kappa shape index (κ3) is 4.28. The number of benzene rings is 1. The smallest absolute Gasteiger partial charge is 0.304 e. The van der Waals surface area contributed by atoms with Crippen LogP contribution in [0.4, 0.5) is 0 Å². The summed E-state index contributed by atoms with van der Waals surface area (Å²) in [6.07, 6.45) is 0. The second-order valence-electron chi connectivity index (χ2n) is 7.30. The van der Waals surface area contributed by atoms with E-state index in [4.69, 9.17) is 0 Å². The molecule has 25 heavy (non-hydrogen) atoms. The normalized spacial score (nSPS) is 12.8. The summed E-state index contributed by atoms with van der Waals surface area (Å²) in [4.78, 5) is 23.9. The van der Waals surface area contributed by atoms with Crippen LogP contribution >= 0.6 is 0 Å². The minimum Gasteiger partial charge on any atom is -0.304 e. The Labute approximate surface area is 149 Å². The number of aromatic nitrogens is 2. The predicted octanol–water partition coefficient (Wildman–Crippen LogP) is 2.69. The summed E-state index contributed by atoms with van der Waals surface area (Å²) in [6, 6.07) is 10.3. The van der Waals surface area contributed by atoms with Crippen LogP contribution in [0.2, 0.25) is 0 Å². The molecule has 0 spiro atoms. The molecule has 1 atom stereocenters. The lowest BCUT2D eigenvalue weighted by atomic mass is 9.93. The van der Waals surface area contributed by atoms with Gasteiger partial charge in [-0.3, -0.25) is 13.9 Å². The van der Waals surface area contributed by atoms with Crippen molar-refractivity contribution in [1.29, 1.82) is 0 Å². The fourth-order valence-corrected chi connectivity index (χ4v) is 2.99. The maximum absolute atomic E-state index is 12.1. The van der Waals surface area contributed by atoms with Crippen molar-refractivity contribution in [2.24, 2.45) is 20.0 Å². The van der Waals surface area contributed by atoms with Crippen molar-refractivity contribution in [3.8, 4) is 0 Å². The molecule has 0 radical (unpaired) electrons. The van der Waals surface area contributed by atoms with Gasteiger partial charge < -0.3 is 5.32 Å². The Hall–Kier alpha value is -2.14. The summed E-state index contributed by atoms with van der Waals surface area (Å²) < 4.78 is 2.64. The molecule has 1 aromatic heterocycles. The van der Waals surface area contributed by atoms with Gasteiger partial charge in [-0.1, -0.05) is 52.0 Å². The molecule has 0 fully saturated rings. The fraction of sp³-hybridized carbons (Fsp3) is 0.500. The molecule has 0 bridgehead atoms. The number of hydrogen-bond acceptors (Lipinski definition) is 3. The Morgan fingerprint density at radius 2 is 1.48 bits per heavy atom. The van der Waals surface area contributed by atoms with E-state index in [-0.39, 0.29) is 17.3 Å². The molecule has 2 aromatic rings. The van der Waals surface area contributed by atoms with Gasteiger partial charge in [0, 0.05) is 38.4 Å². The average molecular weight is 343 g/mol. The van der Waals surface area contributed by atoms with Crippen molar-refractivity contribution >= 4 is 0 Å². The van der Waals surface area contributed by atoms with Crippen molar-refractivity contribution < 1.29 is 0 Å². The van der Waals surface area contributed by atoms with E-state index in [0.29, 0.717) is 24.1 Å². The van der Waals surface area contributed by atoms with Crippen LogP contribution in [0.1, 0.15) is 56.5 Å². The van der Waals surface area contributed by atoms with E-state index in [1.165, 1.54) is 28.8 Å². The molecule has 5 heteroatoms. The van der Waals surface area contributed by atoms with Gasteiger partial charge in [0.05, 0.1) is 0 Å². The number of nitrogens with one attached hydrogen (secondary N) is 1. The molecule has 5 nitrogen and oxygen atoms in total. The molecule has 1 heterocycles. The van der Waals surface area contributed by atoms with Gasteiger partial charge in [-0.2, -0.15) is 0 Å². The largest absolute Gasteiger partial charge is 0.330 e. The second kappa shape index (κ2) is 7.83. The number of hydrogen-bond donors (Lipinski definition) is 1. The minimum absolute atomic E-state index is 0.153. The molecule has 1 aromatic carbocycles. The highest BCUT2D eigenvalue weighted by Gasteiger charge is 2.16. The molecule has 2 rings (SSSR count). The third-order valence-corrected chi connectivity index (χ3v) is 4.76. The van der Waals surface area contributed by atoms with E-state index < -0.39 is 0 Å². The maximum atomic E-state index is 12.1. The molecule has 1 N–H and O–H groups in total. The Kier molecular flexibility index (Phi) is 6.01. The topological polar surface area (TPSA) is 56.0 Å². The average Bonchev–Trinajstić information content (AvgIpc) is 2.57. The number of nitrogens with zero attached hydrogens (tertiary/aromatic N) is 2. The predicted molar refractivity (Wildman–Crippen MR) is 102 cm³/mol. The van der Waals surface area contributed by atoms with Crippen LogP contribution in [0, 0.1) is 5.92 Å². The zero-order chi connectivity index (χ0) is 18.7. The zero-order valence-corrected chi connectivity index (χ0v) is 16.0. The first-order valence-corrected chi connectivity index (χ1v) is 8.81. The van der Waals surface area contributed by atoms with Crippen LogP contribution in [-0.4, -0.2) is 9.13 Å². The summed E-state index contributed by atoms with van der Waals surface area (Å²) in [5.41, 5.74) is 2.65. The van der Waals surface area contributed by atoms with Gasteiger partial charge in [-0.05, 0) is 23.0 Å². The lowest BCUT2D eigenvalue weighted by Gasteiger charge is -2.24. The highest BCUT2D eigenvalue weighted by molar-refractivity contribution is 5.27. The van der Waals surface area contributed by atoms with Gasteiger partial charge in [0.15, 0.2) is 0 Å². The van der Waals surface area contributed by atoms with Gasteiger partial charge in [0.2, 0.25) is 0 Å². The quantitative estimate of drug-likeness (QED) is 0.877. The zero-order valence-electron chi connectivity index (χ0n) is 16.0. The van der Waals surface area contributed by atoms with Gasteiger partial charge in [0.1, 0.15) is 0 Å². The molecule has 0 aliphatic carbocycles. The Bertz CT molecular complexity index is 830. The molecule has 0 aliphatic heterocycles. The number of rotatable bonds is 6. The van der Waals surface area contributed by atoms with Crippen molar-refractivity contribution in [3.63, 3.8) is 0 Å². The first kappa shape index (κ1) is 19.2. The Morgan fingerprint density at radius 3 is 2.00 bits per heavy atom. The van der Waals surface area contributed by atoms with Crippen molar-refractivity contribution in [1.82, 2.24) is 14.5 Å². The highest BCUT2D eigenvalue weighted by atomic mass is 16.2. The van der Waals surface area contributed by atoms with E-state index in [1.54, 1.807) is 7.05 Å². The standard InChI is InChI=1S/C20H29N3O2/c1-13(2)15-7-9-16(10-8-15)19(14(3)4)21-12-17-11-18(24)23(6)20(25)22(17)5/h7-11,13-14,19,21H,12H2,1-6H3. The van der Waals surface area contributed by atoms with Gasteiger partial charge in [-0.25, -0.2) is 4.79 Å². The van der Waals surface area contributed by atoms with Crippen molar-refractivity contribution in [3.05, 3.63) is 68.0 Å². The molecule has 136 valence electrons. The first-order chi connectivity index (χ1) is 11.7. The second-order valence-corrected chi connectivity index (χ2v) is 7.30. The summed E-state index contributed by atoms with van der Waals surface area (Å²) in [5.74, 6) is 0.892. The lowest BCUT2D eigenvalue weighted by molar-refractivity contribution is 0.403. The highest BCUT2D eigenvalue weighted by Crippen LogP contribution is 2.24. The van der Waals surface area contributed by atoms with Gasteiger partial charge in [-0.15, -0.1) is 0 Å². The summed E-state index contributed by atoms with van der Waals surface area (Å²) in [7, 11) is 3.19. The Morgan fingerprint density at radius 1 is 0.920 bits per heavy atom. The van der Waals surface area contributed by atoms with Crippen LogP contribution in [0.15, 0.2) is 39.9 Å². The molecule has 0 saturated carbocycles. The molecule has 1 unspecified atom stereocenters. The molecular formula is C20H29N3O2. The van der Waals surface area contributed by atoms with E-state index in [9.17, 15) is 9.59 Å². The summed E-state index contributed by atoms with van der Waals surface area (Å²) in [5, 5.41) is 3.51. The van der Waals surface area contributed by atoms with Crippen LogP contribution in [0.5, 0.6) is 0 Å². The summed E-state index contributed by atoms with van der Waals surface area (Å²) >= 11 is 0. The molecular weight excluding hydrogens is 314 g/mol. The van der Waals surface area contributed by atoms with Crippen LogP contribution in [-0.2, 0) is 20.6 Å². The summed E-state index contributed by atoms with van der Waals surface area (Å²) in [6.45, 7) is 9.16. The van der Waals surface area contributed by atoms with E-state index >= 15 is 0 Å². The molecule has 0 aliphatic rings. The monoisotopic (exact) mass is 343 g/mol. The van der Waals surface area contributed by atoms with Gasteiger partial charge in [0.25, 0.3) is 5.56 Å². The Balaban J connectivity index is 2.24. The van der Waals surface area contributed by atoms with E-state index in [2.05, 4.69) is 57.3 Å². The molecule has 0 amide bonds. The van der Waals surface area contributed by atoms with Crippen LogP contribution in [0.3, 0.4) is 0 Å². The van der Waals surface area contributed by atoms with Crippen molar-refractivity contribution in [2.75, 3.05) is 0 Å². The van der Waals surface area contributed by atoms with E-state index in [0.717, 1.165) is 4.57 Å². The van der Waals surface area contributed by atoms with Crippen molar-refractivity contribution in [2.45, 2.75) is 46.2 Å². The third-order valence-electron chi connectivity index (χ3n) is 4.76. The lowest BCUT2D eigenvalue weighted by Crippen LogP contribution is -2.39. The fourth-order valence-electron chi connectivity index (χ4n) is 2.99.